The molecule has 0 aromatic heterocycles. The van der Waals surface area contributed by atoms with E-state index in [2.05, 4.69) is 13.0 Å². The normalized spacial score (nSPS) is 30.1. The van der Waals surface area contributed by atoms with Gasteiger partial charge in [-0.2, -0.15) is 17.0 Å². The van der Waals surface area contributed by atoms with E-state index in [4.69, 9.17) is 0 Å². The number of nitriles is 1. The first-order valence-corrected chi connectivity index (χ1v) is 7.03. The maximum atomic E-state index is 12.2. The fraction of sp³-hybridized carbons (Fsp3) is 0.833. The van der Waals surface area contributed by atoms with Crippen LogP contribution in [0.25, 0.3) is 0 Å². The molecule has 90 valence electrons. The van der Waals surface area contributed by atoms with E-state index >= 15 is 0 Å². The monoisotopic (exact) mass is 240 g/mol. The lowest BCUT2D eigenvalue weighted by Gasteiger charge is -2.42. The minimum atomic E-state index is -0.721. The first kappa shape index (κ1) is 13.4. The largest absolute Gasteiger partial charge is 0.341 e. The van der Waals surface area contributed by atoms with Gasteiger partial charge in [-0.25, -0.2) is 0 Å². The van der Waals surface area contributed by atoms with Crippen molar-refractivity contribution < 1.29 is 4.79 Å². The standard InChI is InChI=1S/C12H20N2OS/c1-9-5-12(6-9,8-13)11(15)14(3)10(2)7-16-4/h9-10H,5-7H2,1-4H3. The summed E-state index contributed by atoms with van der Waals surface area (Å²) in [5.74, 6) is 1.43. The van der Waals surface area contributed by atoms with E-state index in [1.54, 1.807) is 16.7 Å². The summed E-state index contributed by atoms with van der Waals surface area (Å²) in [7, 11) is 1.81. The third-order valence-corrected chi connectivity index (χ3v) is 4.22. The Morgan fingerprint density at radius 2 is 2.25 bits per heavy atom. The van der Waals surface area contributed by atoms with Crippen LogP contribution in [0.2, 0.25) is 0 Å². The predicted octanol–water partition coefficient (Wildman–Crippen LogP) is 2.14. The Morgan fingerprint density at radius 1 is 1.69 bits per heavy atom. The first-order chi connectivity index (χ1) is 7.46. The second kappa shape index (κ2) is 5.09. The fourth-order valence-corrected chi connectivity index (χ4v) is 3.04. The second-order valence-corrected chi connectivity index (χ2v) is 5.84. The molecule has 0 radical (unpaired) electrons. The van der Waals surface area contributed by atoms with Gasteiger partial charge in [0.2, 0.25) is 5.91 Å². The van der Waals surface area contributed by atoms with Gasteiger partial charge in [-0.3, -0.25) is 4.79 Å². The van der Waals surface area contributed by atoms with Crippen molar-refractivity contribution in [1.29, 1.82) is 5.26 Å². The van der Waals surface area contributed by atoms with Crippen molar-refractivity contribution in [1.82, 2.24) is 4.90 Å². The topological polar surface area (TPSA) is 44.1 Å². The number of rotatable bonds is 4. The van der Waals surface area contributed by atoms with Crippen LogP contribution in [-0.4, -0.2) is 35.9 Å². The van der Waals surface area contributed by atoms with Gasteiger partial charge in [0.1, 0.15) is 5.41 Å². The molecule has 0 N–H and O–H groups in total. The highest BCUT2D eigenvalue weighted by Gasteiger charge is 2.50. The SMILES string of the molecule is CSCC(C)N(C)C(=O)C1(C#N)CC(C)C1. The molecular formula is C12H20N2OS. The molecule has 0 aromatic carbocycles. The van der Waals surface area contributed by atoms with Crippen molar-refractivity contribution in [2.45, 2.75) is 32.7 Å². The Bertz CT molecular complexity index is 305. The number of carbonyl (C=O) groups excluding carboxylic acids is 1. The molecule has 0 bridgehead atoms. The van der Waals surface area contributed by atoms with E-state index in [1.165, 1.54) is 0 Å². The van der Waals surface area contributed by atoms with E-state index in [-0.39, 0.29) is 11.9 Å². The van der Waals surface area contributed by atoms with Crippen LogP contribution >= 0.6 is 11.8 Å². The van der Waals surface area contributed by atoms with Gasteiger partial charge in [0.15, 0.2) is 0 Å². The van der Waals surface area contributed by atoms with Gasteiger partial charge in [-0.05, 0) is 31.9 Å². The molecule has 1 amide bonds. The molecule has 1 rings (SSSR count). The van der Waals surface area contributed by atoms with Gasteiger partial charge in [-0.1, -0.05) is 6.92 Å². The van der Waals surface area contributed by atoms with Crippen LogP contribution in [-0.2, 0) is 4.79 Å². The van der Waals surface area contributed by atoms with Crippen LogP contribution in [0.1, 0.15) is 26.7 Å². The van der Waals surface area contributed by atoms with Crippen LogP contribution in [0.15, 0.2) is 0 Å². The Hall–Kier alpha value is -0.690. The van der Waals surface area contributed by atoms with Gasteiger partial charge in [-0.15, -0.1) is 0 Å². The number of nitrogens with zero attached hydrogens (tertiary/aromatic N) is 2. The number of thioether (sulfide) groups is 1. The van der Waals surface area contributed by atoms with E-state index in [9.17, 15) is 10.1 Å². The lowest BCUT2D eigenvalue weighted by molar-refractivity contribution is -0.145. The summed E-state index contributed by atoms with van der Waals surface area (Å²) in [6, 6.07) is 2.42. The highest BCUT2D eigenvalue weighted by molar-refractivity contribution is 7.98. The molecule has 0 aromatic rings. The first-order valence-electron chi connectivity index (χ1n) is 5.64. The van der Waals surface area contributed by atoms with Crippen LogP contribution in [0.4, 0.5) is 0 Å². The Balaban J connectivity index is 2.67. The summed E-state index contributed by atoms with van der Waals surface area (Å²) in [6.45, 7) is 4.12. The molecular weight excluding hydrogens is 220 g/mol. The minimum absolute atomic E-state index is 0.00894. The zero-order valence-corrected chi connectivity index (χ0v) is 11.3. The summed E-state index contributed by atoms with van der Waals surface area (Å²) in [5, 5.41) is 9.18. The molecule has 4 heteroatoms. The van der Waals surface area contributed by atoms with Crippen molar-refractivity contribution in [3.63, 3.8) is 0 Å². The third-order valence-electron chi connectivity index (χ3n) is 3.41. The summed E-state index contributed by atoms with van der Waals surface area (Å²) < 4.78 is 0. The minimum Gasteiger partial charge on any atom is -0.341 e. The molecule has 1 unspecified atom stereocenters. The van der Waals surface area contributed by atoms with Crippen LogP contribution < -0.4 is 0 Å². The summed E-state index contributed by atoms with van der Waals surface area (Å²) in [5.41, 5.74) is -0.721. The van der Waals surface area contributed by atoms with Gasteiger partial charge in [0.05, 0.1) is 6.07 Å². The average Bonchev–Trinajstić information content (AvgIpc) is 2.22. The van der Waals surface area contributed by atoms with Gasteiger partial charge < -0.3 is 4.90 Å². The van der Waals surface area contributed by atoms with Gasteiger partial charge in [0.25, 0.3) is 0 Å². The van der Waals surface area contributed by atoms with E-state index in [0.717, 1.165) is 18.6 Å². The lowest BCUT2D eigenvalue weighted by Crippen LogP contribution is -2.51. The number of hydrogen-bond acceptors (Lipinski definition) is 3. The van der Waals surface area contributed by atoms with Crippen LogP contribution in [0, 0.1) is 22.7 Å². The zero-order valence-electron chi connectivity index (χ0n) is 10.5. The van der Waals surface area contributed by atoms with Gasteiger partial charge >= 0.3 is 0 Å². The number of amides is 1. The molecule has 16 heavy (non-hydrogen) atoms. The molecule has 1 atom stereocenters. The summed E-state index contributed by atoms with van der Waals surface area (Å²) in [4.78, 5) is 14.0. The molecule has 1 aliphatic rings. The summed E-state index contributed by atoms with van der Waals surface area (Å²) in [6.07, 6.45) is 3.47. The maximum Gasteiger partial charge on any atom is 0.243 e. The zero-order chi connectivity index (χ0) is 12.3. The molecule has 1 fully saturated rings. The van der Waals surface area contributed by atoms with E-state index in [1.807, 2.05) is 20.2 Å². The molecule has 0 saturated heterocycles. The number of hydrogen-bond donors (Lipinski definition) is 0. The molecule has 0 heterocycles. The highest BCUT2D eigenvalue weighted by Crippen LogP contribution is 2.46. The fourth-order valence-electron chi connectivity index (χ4n) is 2.33. The Labute approximate surface area is 102 Å². The number of carbonyl (C=O) groups is 1. The molecule has 0 spiro atoms. The molecule has 3 nitrogen and oxygen atoms in total. The molecule has 0 aliphatic heterocycles. The van der Waals surface area contributed by atoms with Crippen molar-refractivity contribution >= 4 is 17.7 Å². The Morgan fingerprint density at radius 3 is 2.62 bits per heavy atom. The smallest absolute Gasteiger partial charge is 0.243 e. The van der Waals surface area contributed by atoms with E-state index in [0.29, 0.717) is 5.92 Å². The maximum absolute atomic E-state index is 12.2. The molecule has 1 saturated carbocycles. The highest BCUT2D eigenvalue weighted by atomic mass is 32.2. The lowest BCUT2D eigenvalue weighted by atomic mass is 9.62. The summed E-state index contributed by atoms with van der Waals surface area (Å²) >= 11 is 1.72. The quantitative estimate of drug-likeness (QED) is 0.756. The van der Waals surface area contributed by atoms with Crippen molar-refractivity contribution in [3.8, 4) is 6.07 Å². The van der Waals surface area contributed by atoms with Crippen LogP contribution in [0.3, 0.4) is 0 Å². The van der Waals surface area contributed by atoms with Gasteiger partial charge in [0, 0.05) is 18.8 Å². The third kappa shape index (κ3) is 2.35. The Kier molecular flexibility index (Phi) is 4.26. The average molecular weight is 240 g/mol. The molecule has 1 aliphatic carbocycles. The van der Waals surface area contributed by atoms with E-state index < -0.39 is 5.41 Å². The van der Waals surface area contributed by atoms with Crippen molar-refractivity contribution in [2.75, 3.05) is 19.1 Å². The van der Waals surface area contributed by atoms with Crippen molar-refractivity contribution in [3.05, 3.63) is 0 Å². The predicted molar refractivity (Wildman–Crippen MR) is 67.1 cm³/mol. The van der Waals surface area contributed by atoms with Crippen LogP contribution in [0.5, 0.6) is 0 Å². The second-order valence-electron chi connectivity index (χ2n) is 4.93. The van der Waals surface area contributed by atoms with Crippen molar-refractivity contribution in [2.24, 2.45) is 11.3 Å².